The third-order valence-corrected chi connectivity index (χ3v) is 7.26. The lowest BCUT2D eigenvalue weighted by Gasteiger charge is -2.30. The zero-order chi connectivity index (χ0) is 24.9. The van der Waals surface area contributed by atoms with Crippen molar-refractivity contribution in [3.63, 3.8) is 0 Å². The van der Waals surface area contributed by atoms with E-state index in [1.165, 1.54) is 11.6 Å². The molecule has 0 saturated carbocycles. The van der Waals surface area contributed by atoms with Gasteiger partial charge in [-0.05, 0) is 77.9 Å². The van der Waals surface area contributed by atoms with Gasteiger partial charge in [-0.15, -0.1) is 0 Å². The molecule has 2 heterocycles. The zero-order valence-corrected chi connectivity index (χ0v) is 20.4. The third kappa shape index (κ3) is 6.00. The monoisotopic (exact) mass is 485 g/mol. The molecule has 2 saturated heterocycles. The summed E-state index contributed by atoms with van der Waals surface area (Å²) < 4.78 is 13.4. The first kappa shape index (κ1) is 24.2. The van der Waals surface area contributed by atoms with Crippen molar-refractivity contribution in [3.05, 3.63) is 95.8 Å². The molecule has 1 N–H and O–H groups in total. The van der Waals surface area contributed by atoms with Gasteiger partial charge in [-0.1, -0.05) is 42.5 Å². The van der Waals surface area contributed by atoms with Crippen molar-refractivity contribution in [2.45, 2.75) is 31.8 Å². The molecule has 0 spiro atoms. The van der Waals surface area contributed by atoms with Crippen LogP contribution in [-0.4, -0.2) is 53.8 Å². The summed E-state index contributed by atoms with van der Waals surface area (Å²) >= 11 is 0. The van der Waals surface area contributed by atoms with Crippen LogP contribution in [0.1, 0.15) is 35.2 Å². The third-order valence-electron chi connectivity index (χ3n) is 7.26. The van der Waals surface area contributed by atoms with Crippen LogP contribution in [-0.2, 0) is 11.3 Å². The number of nitrogens with zero attached hydrogens (tertiary/aromatic N) is 2. The van der Waals surface area contributed by atoms with E-state index in [9.17, 15) is 14.0 Å². The molecule has 5 nitrogen and oxygen atoms in total. The summed E-state index contributed by atoms with van der Waals surface area (Å²) in [7, 11) is 0. The van der Waals surface area contributed by atoms with Crippen LogP contribution in [0, 0.1) is 11.7 Å². The summed E-state index contributed by atoms with van der Waals surface area (Å²) in [6.45, 7) is 4.00. The summed E-state index contributed by atoms with van der Waals surface area (Å²) in [6.07, 6.45) is 6.35. The number of fused-ring (bicyclic) bond motifs is 1. The standard InChI is InChI=1S/C30H32FN3O2/c31-27-10-9-25-18-23(6-8-26(25)19-27)20-33-15-14-28(21-33)32-29(35)11-7-22-12-16-34(17-13-22)30(36)24-4-2-1-3-5-24/h1-11,18-19,22,28H,12-17,20-21H2,(H,32,35)/b11-7+. The lowest BCUT2D eigenvalue weighted by atomic mass is 9.95. The van der Waals surface area contributed by atoms with Crippen LogP contribution in [0.4, 0.5) is 4.39 Å². The SMILES string of the molecule is O=C(/C=C/C1CCN(C(=O)c2ccccc2)CC1)NC1CCN(Cc2ccc3cc(F)ccc3c2)C1. The van der Waals surface area contributed by atoms with E-state index in [0.717, 1.165) is 55.2 Å². The molecule has 3 aromatic rings. The van der Waals surface area contributed by atoms with Gasteiger partial charge in [0.15, 0.2) is 0 Å². The molecule has 0 aliphatic carbocycles. The van der Waals surface area contributed by atoms with E-state index in [4.69, 9.17) is 0 Å². The number of allylic oxidation sites excluding steroid dienone is 1. The van der Waals surface area contributed by atoms with Crippen molar-refractivity contribution in [2.24, 2.45) is 5.92 Å². The highest BCUT2D eigenvalue weighted by Crippen LogP contribution is 2.22. The fraction of sp³-hybridized carbons (Fsp3) is 0.333. The molecular weight excluding hydrogens is 453 g/mol. The molecule has 5 rings (SSSR count). The van der Waals surface area contributed by atoms with E-state index in [2.05, 4.69) is 22.3 Å². The molecule has 2 fully saturated rings. The lowest BCUT2D eigenvalue weighted by Crippen LogP contribution is -2.38. The summed E-state index contributed by atoms with van der Waals surface area (Å²) in [5.41, 5.74) is 1.92. The van der Waals surface area contributed by atoms with Gasteiger partial charge >= 0.3 is 0 Å². The number of carbonyl (C=O) groups excluding carboxylic acids is 2. The Kier molecular flexibility index (Phi) is 7.42. The Hall–Kier alpha value is -3.51. The van der Waals surface area contributed by atoms with Crippen molar-refractivity contribution in [1.29, 1.82) is 0 Å². The van der Waals surface area contributed by atoms with Gasteiger partial charge in [-0.2, -0.15) is 0 Å². The molecule has 2 aliphatic rings. The highest BCUT2D eigenvalue weighted by Gasteiger charge is 2.24. The second-order valence-corrected chi connectivity index (χ2v) is 9.91. The molecule has 1 unspecified atom stereocenters. The smallest absolute Gasteiger partial charge is 0.253 e. The zero-order valence-electron chi connectivity index (χ0n) is 20.4. The molecule has 36 heavy (non-hydrogen) atoms. The van der Waals surface area contributed by atoms with Crippen LogP contribution >= 0.6 is 0 Å². The first-order chi connectivity index (χ1) is 17.5. The average Bonchev–Trinajstić information content (AvgIpc) is 3.34. The van der Waals surface area contributed by atoms with Crippen LogP contribution in [0.2, 0.25) is 0 Å². The molecule has 2 amide bonds. The average molecular weight is 486 g/mol. The van der Waals surface area contributed by atoms with Gasteiger partial charge in [-0.25, -0.2) is 4.39 Å². The van der Waals surface area contributed by atoms with E-state index in [1.807, 2.05) is 53.4 Å². The van der Waals surface area contributed by atoms with Gasteiger partial charge in [0.2, 0.25) is 5.91 Å². The minimum Gasteiger partial charge on any atom is -0.348 e. The van der Waals surface area contributed by atoms with Crippen molar-refractivity contribution >= 4 is 22.6 Å². The van der Waals surface area contributed by atoms with Crippen LogP contribution in [0.3, 0.4) is 0 Å². The first-order valence-corrected chi connectivity index (χ1v) is 12.8. The quantitative estimate of drug-likeness (QED) is 0.512. The van der Waals surface area contributed by atoms with Crippen LogP contribution in [0.5, 0.6) is 0 Å². The number of benzene rings is 3. The number of halogens is 1. The summed E-state index contributed by atoms with van der Waals surface area (Å²) in [4.78, 5) is 29.4. The number of hydrogen-bond donors (Lipinski definition) is 1. The summed E-state index contributed by atoms with van der Waals surface area (Å²) in [5.74, 6) is 0.139. The fourth-order valence-electron chi connectivity index (χ4n) is 5.25. The number of rotatable bonds is 6. The second kappa shape index (κ2) is 11.0. The lowest BCUT2D eigenvalue weighted by molar-refractivity contribution is -0.117. The number of nitrogens with one attached hydrogen (secondary N) is 1. The van der Waals surface area contributed by atoms with Gasteiger partial charge in [-0.3, -0.25) is 14.5 Å². The Morgan fingerprint density at radius 2 is 1.67 bits per heavy atom. The first-order valence-electron chi connectivity index (χ1n) is 12.8. The molecule has 6 heteroatoms. The minimum absolute atomic E-state index is 0.0441. The van der Waals surface area contributed by atoms with E-state index in [-0.39, 0.29) is 23.7 Å². The van der Waals surface area contributed by atoms with Gasteiger partial charge < -0.3 is 10.2 Å². The number of carbonyl (C=O) groups is 2. The van der Waals surface area contributed by atoms with Crippen LogP contribution in [0.15, 0.2) is 78.9 Å². The second-order valence-electron chi connectivity index (χ2n) is 9.91. The maximum absolute atomic E-state index is 13.4. The maximum Gasteiger partial charge on any atom is 0.253 e. The molecule has 2 aliphatic heterocycles. The molecule has 186 valence electrons. The van der Waals surface area contributed by atoms with Crippen molar-refractivity contribution < 1.29 is 14.0 Å². The Labute approximate surface area is 211 Å². The van der Waals surface area contributed by atoms with E-state index in [1.54, 1.807) is 12.1 Å². The molecule has 0 bridgehead atoms. The van der Waals surface area contributed by atoms with Crippen LogP contribution in [0.25, 0.3) is 10.8 Å². The van der Waals surface area contributed by atoms with Crippen molar-refractivity contribution in [3.8, 4) is 0 Å². The predicted octanol–water partition coefficient (Wildman–Crippen LogP) is 4.78. The van der Waals surface area contributed by atoms with E-state index in [0.29, 0.717) is 19.0 Å². The topological polar surface area (TPSA) is 52.7 Å². The molecule has 3 aromatic carbocycles. The van der Waals surface area contributed by atoms with Gasteiger partial charge in [0.25, 0.3) is 5.91 Å². The van der Waals surface area contributed by atoms with Gasteiger partial charge in [0.05, 0.1) is 0 Å². The molecular formula is C30H32FN3O2. The van der Waals surface area contributed by atoms with Gasteiger partial charge in [0, 0.05) is 44.3 Å². The molecule has 0 radical (unpaired) electrons. The minimum atomic E-state index is -0.217. The van der Waals surface area contributed by atoms with E-state index < -0.39 is 0 Å². The number of piperidine rings is 1. The van der Waals surface area contributed by atoms with Crippen molar-refractivity contribution in [2.75, 3.05) is 26.2 Å². The Morgan fingerprint density at radius 1 is 0.917 bits per heavy atom. The summed E-state index contributed by atoms with van der Waals surface area (Å²) in [6, 6.07) is 20.5. The Bertz CT molecular complexity index is 1250. The normalized spacial score (nSPS) is 19.2. The summed E-state index contributed by atoms with van der Waals surface area (Å²) in [5, 5.41) is 5.09. The van der Waals surface area contributed by atoms with Crippen molar-refractivity contribution in [1.82, 2.24) is 15.1 Å². The Morgan fingerprint density at radius 3 is 2.47 bits per heavy atom. The molecule has 1 atom stereocenters. The van der Waals surface area contributed by atoms with Crippen LogP contribution < -0.4 is 5.32 Å². The number of likely N-dealkylation sites (tertiary alicyclic amines) is 2. The number of hydrogen-bond acceptors (Lipinski definition) is 3. The fourth-order valence-corrected chi connectivity index (χ4v) is 5.25. The van der Waals surface area contributed by atoms with E-state index >= 15 is 0 Å². The van der Waals surface area contributed by atoms with Gasteiger partial charge in [0.1, 0.15) is 5.82 Å². The highest BCUT2D eigenvalue weighted by molar-refractivity contribution is 5.94. The molecule has 0 aromatic heterocycles. The highest BCUT2D eigenvalue weighted by atomic mass is 19.1. The largest absolute Gasteiger partial charge is 0.348 e. The Balaban J connectivity index is 1.05. The number of amides is 2. The predicted molar refractivity (Wildman–Crippen MR) is 140 cm³/mol. The maximum atomic E-state index is 13.4.